The van der Waals surface area contributed by atoms with Gasteiger partial charge in [-0.05, 0) is 106 Å². The minimum absolute atomic E-state index is 0.0314. The van der Waals surface area contributed by atoms with Gasteiger partial charge in [0.2, 0.25) is 11.8 Å². The largest absolute Gasteiger partial charge is 0.423 e. The molecule has 1 aliphatic heterocycles. The minimum atomic E-state index is -0.178. The minimum Gasteiger partial charge on any atom is -0.423 e. The SMILES string of the molecule is CC1CCN(c2oc(C(C3CCC(C(c4ccc(F)cc4)N(C)C)CC3)N(C)c3ccccc3)nc2Cc2ccccc2)CC1. The lowest BCUT2D eigenvalue weighted by Gasteiger charge is -2.41. The van der Waals surface area contributed by atoms with Crippen LogP contribution in [0.3, 0.4) is 0 Å². The van der Waals surface area contributed by atoms with E-state index >= 15 is 0 Å². The molecule has 2 aliphatic rings. The third-order valence-electron chi connectivity index (χ3n) is 10.3. The highest BCUT2D eigenvalue weighted by molar-refractivity contribution is 5.49. The quantitative estimate of drug-likeness (QED) is 0.180. The van der Waals surface area contributed by atoms with Crippen molar-refractivity contribution in [1.82, 2.24) is 9.88 Å². The molecule has 0 spiro atoms. The lowest BCUT2D eigenvalue weighted by atomic mass is 9.73. The van der Waals surface area contributed by atoms with E-state index in [1.165, 1.54) is 29.7 Å². The Morgan fingerprint density at radius 2 is 1.36 bits per heavy atom. The van der Waals surface area contributed by atoms with Gasteiger partial charge in [-0.1, -0.05) is 67.6 Å². The maximum Gasteiger partial charge on any atom is 0.220 e. The summed E-state index contributed by atoms with van der Waals surface area (Å²) >= 11 is 0. The number of oxazole rings is 1. The van der Waals surface area contributed by atoms with Crippen molar-refractivity contribution in [2.75, 3.05) is 44.0 Å². The smallest absolute Gasteiger partial charge is 0.220 e. The zero-order chi connectivity index (χ0) is 31.3. The van der Waals surface area contributed by atoms with Gasteiger partial charge in [-0.15, -0.1) is 0 Å². The maximum atomic E-state index is 13.8. The van der Waals surface area contributed by atoms with Crippen molar-refractivity contribution >= 4 is 11.6 Å². The predicted molar refractivity (Wildman–Crippen MR) is 182 cm³/mol. The van der Waals surface area contributed by atoms with Crippen molar-refractivity contribution in [2.24, 2.45) is 17.8 Å². The summed E-state index contributed by atoms with van der Waals surface area (Å²) in [7, 11) is 6.50. The number of nitrogens with zero attached hydrogens (tertiary/aromatic N) is 4. The summed E-state index contributed by atoms with van der Waals surface area (Å²) in [6.45, 7) is 4.38. The molecule has 45 heavy (non-hydrogen) atoms. The van der Waals surface area contributed by atoms with Crippen molar-refractivity contribution in [3.63, 3.8) is 0 Å². The zero-order valence-corrected chi connectivity index (χ0v) is 27.4. The second-order valence-electron chi connectivity index (χ2n) is 13.7. The number of hydrogen-bond donors (Lipinski definition) is 0. The zero-order valence-electron chi connectivity index (χ0n) is 27.4. The van der Waals surface area contributed by atoms with Crippen LogP contribution >= 0.6 is 0 Å². The number of rotatable bonds is 10. The molecule has 238 valence electrons. The van der Waals surface area contributed by atoms with Crippen LogP contribution in [-0.2, 0) is 6.42 Å². The number of halogens is 1. The Labute approximate surface area is 269 Å². The van der Waals surface area contributed by atoms with Crippen molar-refractivity contribution < 1.29 is 8.81 Å². The number of para-hydroxylation sites is 1. The molecule has 6 rings (SSSR count). The molecule has 6 heteroatoms. The first kappa shape index (κ1) is 31.3. The highest BCUT2D eigenvalue weighted by Crippen LogP contribution is 2.46. The van der Waals surface area contributed by atoms with Crippen molar-refractivity contribution in [3.05, 3.63) is 113 Å². The summed E-state index contributed by atoms with van der Waals surface area (Å²) < 4.78 is 20.7. The molecule has 0 bridgehead atoms. The normalized spacial score (nSPS) is 20.7. The Bertz CT molecular complexity index is 1470. The molecule has 5 nitrogen and oxygen atoms in total. The molecule has 0 amide bonds. The van der Waals surface area contributed by atoms with Gasteiger partial charge in [-0.2, -0.15) is 0 Å². The molecule has 0 radical (unpaired) electrons. The van der Waals surface area contributed by atoms with Crippen molar-refractivity contribution in [1.29, 1.82) is 0 Å². The Morgan fingerprint density at radius 1 is 0.778 bits per heavy atom. The number of benzene rings is 3. The molecule has 1 aromatic heterocycles. The standard InChI is InChI=1S/C39H49FN4O/c1-28-23-25-44(26-24-28)39-35(27-29-11-7-5-8-12-29)41-38(45-39)37(43(4)34-13-9-6-10-14-34)32-17-15-30(16-18-32)36(42(2)3)31-19-21-33(40)22-20-31/h5-14,19-22,28,30,32,36-37H,15-18,23-27H2,1-4H3. The molecule has 0 N–H and O–H groups in total. The second kappa shape index (κ2) is 14.2. The van der Waals surface area contributed by atoms with Crippen LogP contribution in [0.4, 0.5) is 16.0 Å². The average Bonchev–Trinajstić information content (AvgIpc) is 3.46. The summed E-state index contributed by atoms with van der Waals surface area (Å²) in [6, 6.07) is 28.8. The van der Waals surface area contributed by atoms with Gasteiger partial charge in [0.05, 0.1) is 0 Å². The fourth-order valence-corrected chi connectivity index (χ4v) is 7.79. The first-order valence-corrected chi connectivity index (χ1v) is 16.9. The van der Waals surface area contributed by atoms with Crippen LogP contribution in [0.2, 0.25) is 0 Å². The van der Waals surface area contributed by atoms with Gasteiger partial charge in [-0.25, -0.2) is 9.37 Å². The van der Waals surface area contributed by atoms with Gasteiger partial charge in [0, 0.05) is 38.3 Å². The molecule has 3 aromatic carbocycles. The van der Waals surface area contributed by atoms with Gasteiger partial charge in [0.15, 0.2) is 0 Å². The van der Waals surface area contributed by atoms with E-state index in [1.54, 1.807) is 12.1 Å². The molecule has 1 saturated heterocycles. The maximum absolute atomic E-state index is 13.8. The monoisotopic (exact) mass is 608 g/mol. The summed E-state index contributed by atoms with van der Waals surface area (Å²) in [6.07, 6.45) is 7.52. The van der Waals surface area contributed by atoms with Crippen LogP contribution in [0, 0.1) is 23.6 Å². The van der Waals surface area contributed by atoms with E-state index < -0.39 is 0 Å². The molecule has 2 atom stereocenters. The third-order valence-corrected chi connectivity index (χ3v) is 10.3. The van der Waals surface area contributed by atoms with E-state index in [0.717, 1.165) is 68.6 Å². The Balaban J connectivity index is 1.31. The molecular formula is C39H49FN4O. The fraction of sp³-hybridized carbons (Fsp3) is 0.462. The van der Waals surface area contributed by atoms with E-state index in [0.29, 0.717) is 11.8 Å². The van der Waals surface area contributed by atoms with E-state index in [1.807, 2.05) is 12.1 Å². The van der Waals surface area contributed by atoms with E-state index in [2.05, 4.69) is 103 Å². The van der Waals surface area contributed by atoms with Gasteiger partial charge >= 0.3 is 0 Å². The average molecular weight is 609 g/mol. The van der Waals surface area contributed by atoms with E-state index in [4.69, 9.17) is 9.40 Å². The molecule has 1 aliphatic carbocycles. The lowest BCUT2D eigenvalue weighted by molar-refractivity contribution is 0.135. The van der Waals surface area contributed by atoms with E-state index in [9.17, 15) is 4.39 Å². The third kappa shape index (κ3) is 7.27. The van der Waals surface area contributed by atoms with Crippen LogP contribution in [-0.4, -0.2) is 44.1 Å². The van der Waals surface area contributed by atoms with Gasteiger partial charge in [-0.3, -0.25) is 0 Å². The van der Waals surface area contributed by atoms with Gasteiger partial charge < -0.3 is 19.1 Å². The summed E-state index contributed by atoms with van der Waals surface area (Å²) in [5.41, 5.74) is 4.68. The van der Waals surface area contributed by atoms with Crippen molar-refractivity contribution in [2.45, 2.75) is 64.0 Å². The van der Waals surface area contributed by atoms with Gasteiger partial charge in [0.1, 0.15) is 17.6 Å². The lowest BCUT2D eigenvalue weighted by Crippen LogP contribution is -2.36. The fourth-order valence-electron chi connectivity index (χ4n) is 7.79. The summed E-state index contributed by atoms with van der Waals surface area (Å²) in [4.78, 5) is 12.5. The second-order valence-corrected chi connectivity index (χ2v) is 13.7. The highest BCUT2D eigenvalue weighted by Gasteiger charge is 2.38. The molecule has 2 heterocycles. The Morgan fingerprint density at radius 3 is 1.96 bits per heavy atom. The highest BCUT2D eigenvalue weighted by atomic mass is 19.1. The Kier molecular flexibility index (Phi) is 9.89. The van der Waals surface area contributed by atoms with Crippen molar-refractivity contribution in [3.8, 4) is 0 Å². The topological polar surface area (TPSA) is 35.8 Å². The number of hydrogen-bond acceptors (Lipinski definition) is 5. The Hall–Kier alpha value is -3.64. The van der Waals surface area contributed by atoms with Crippen LogP contribution in [0.15, 0.2) is 89.3 Å². The molecule has 1 saturated carbocycles. The molecule has 2 unspecified atom stereocenters. The molecule has 2 fully saturated rings. The van der Waals surface area contributed by atoms with Crippen LogP contribution < -0.4 is 9.80 Å². The summed E-state index contributed by atoms with van der Waals surface area (Å²) in [5, 5.41) is 0. The van der Waals surface area contributed by atoms with Crippen LogP contribution in [0.1, 0.15) is 80.2 Å². The molecular weight excluding hydrogens is 559 g/mol. The van der Waals surface area contributed by atoms with Crippen LogP contribution in [0.5, 0.6) is 0 Å². The van der Waals surface area contributed by atoms with Gasteiger partial charge in [0.25, 0.3) is 0 Å². The van der Waals surface area contributed by atoms with Crippen LogP contribution in [0.25, 0.3) is 0 Å². The van der Waals surface area contributed by atoms with E-state index in [-0.39, 0.29) is 17.9 Å². The predicted octanol–water partition coefficient (Wildman–Crippen LogP) is 8.93. The molecule has 4 aromatic rings. The summed E-state index contributed by atoms with van der Waals surface area (Å²) in [5.74, 6) is 3.28. The number of aromatic nitrogens is 1. The first-order chi connectivity index (χ1) is 21.9. The number of anilines is 2. The first-order valence-electron chi connectivity index (χ1n) is 16.9. The number of piperidine rings is 1.